The number of ether oxygens (including phenoxy) is 1. The Hall–Kier alpha value is -2.94. The highest BCUT2D eigenvalue weighted by Gasteiger charge is 2.38. The number of fused-ring (bicyclic) bond motifs is 1. The van der Waals surface area contributed by atoms with E-state index in [2.05, 4.69) is 26.2 Å². The molecule has 1 aliphatic heterocycles. The third kappa shape index (κ3) is 5.26. The zero-order chi connectivity index (χ0) is 26.3. The van der Waals surface area contributed by atoms with Crippen LogP contribution in [0.4, 0.5) is 13.2 Å². The van der Waals surface area contributed by atoms with Crippen molar-refractivity contribution in [3.05, 3.63) is 63.8 Å². The van der Waals surface area contributed by atoms with Gasteiger partial charge in [0.1, 0.15) is 16.7 Å². The number of nitrogens with zero attached hydrogens (tertiary/aromatic N) is 1. The van der Waals surface area contributed by atoms with Crippen LogP contribution in [0.3, 0.4) is 0 Å². The Labute approximate surface area is 212 Å². The number of H-pyrrole nitrogens is 1. The minimum absolute atomic E-state index is 0.0847. The maximum atomic E-state index is 13.6. The number of halogens is 4. The third-order valence-electron chi connectivity index (χ3n) is 5.60. The number of amides is 2. The molecule has 192 valence electrons. The quantitative estimate of drug-likeness (QED) is 0.407. The van der Waals surface area contributed by atoms with Crippen LogP contribution >= 0.6 is 15.9 Å². The molecule has 0 aliphatic carbocycles. The number of alkyl halides is 3. The summed E-state index contributed by atoms with van der Waals surface area (Å²) >= 11 is 3.28. The van der Waals surface area contributed by atoms with Crippen LogP contribution in [0, 0.1) is 0 Å². The lowest BCUT2D eigenvalue weighted by Crippen LogP contribution is -2.51. The SMILES string of the molecule is NC(=O)c1[nH]c2ccc(Br)cc2c1S(=O)(=O)N1CCOC(C(=O)NCc2cccc(C(F)(F)F)c2)C1. The lowest BCUT2D eigenvalue weighted by Gasteiger charge is -2.31. The van der Waals surface area contributed by atoms with Crippen molar-refractivity contribution in [2.45, 2.75) is 23.7 Å². The van der Waals surface area contributed by atoms with E-state index >= 15 is 0 Å². The monoisotopic (exact) mass is 588 g/mol. The van der Waals surface area contributed by atoms with Crippen LogP contribution in [-0.4, -0.2) is 55.3 Å². The van der Waals surface area contributed by atoms with Gasteiger partial charge in [0.05, 0.1) is 12.2 Å². The van der Waals surface area contributed by atoms with Crippen molar-refractivity contribution in [2.75, 3.05) is 19.7 Å². The average molecular weight is 589 g/mol. The summed E-state index contributed by atoms with van der Waals surface area (Å²) in [5, 5.41) is 2.73. The summed E-state index contributed by atoms with van der Waals surface area (Å²) in [7, 11) is -4.30. The van der Waals surface area contributed by atoms with Gasteiger partial charge in [-0.25, -0.2) is 8.42 Å². The fourth-order valence-corrected chi connectivity index (χ4v) is 6.00. The van der Waals surface area contributed by atoms with E-state index in [0.29, 0.717) is 9.99 Å². The molecule has 14 heteroatoms. The minimum atomic E-state index is -4.52. The summed E-state index contributed by atoms with van der Waals surface area (Å²) in [4.78, 5) is 27.1. The lowest BCUT2D eigenvalue weighted by molar-refractivity contribution is -0.137. The highest BCUT2D eigenvalue weighted by molar-refractivity contribution is 9.10. The molecule has 1 aromatic heterocycles. The number of carbonyl (C=O) groups excluding carboxylic acids is 2. The van der Waals surface area contributed by atoms with Crippen LogP contribution in [-0.2, 0) is 32.3 Å². The second-order valence-electron chi connectivity index (χ2n) is 8.02. The van der Waals surface area contributed by atoms with E-state index < -0.39 is 39.7 Å². The summed E-state index contributed by atoms with van der Waals surface area (Å²) in [6.07, 6.45) is -5.74. The summed E-state index contributed by atoms with van der Waals surface area (Å²) in [5.41, 5.74) is 4.88. The van der Waals surface area contributed by atoms with E-state index in [-0.39, 0.29) is 47.8 Å². The molecule has 1 saturated heterocycles. The molecule has 3 aromatic rings. The van der Waals surface area contributed by atoms with Gasteiger partial charge in [0, 0.05) is 35.0 Å². The molecule has 1 atom stereocenters. The van der Waals surface area contributed by atoms with E-state index in [1.807, 2.05) is 0 Å². The number of nitrogens with one attached hydrogen (secondary N) is 2. The number of hydrogen-bond donors (Lipinski definition) is 3. The molecule has 2 aromatic carbocycles. The first-order valence-corrected chi connectivity index (χ1v) is 12.8. The maximum Gasteiger partial charge on any atom is 0.416 e. The first-order chi connectivity index (χ1) is 16.9. The molecule has 2 amide bonds. The Balaban J connectivity index is 1.54. The number of morpholine rings is 1. The molecule has 4 N–H and O–H groups in total. The normalized spacial score (nSPS) is 17.3. The molecule has 2 heterocycles. The predicted molar refractivity (Wildman–Crippen MR) is 126 cm³/mol. The Morgan fingerprint density at radius 2 is 1.97 bits per heavy atom. The van der Waals surface area contributed by atoms with E-state index in [1.165, 1.54) is 18.2 Å². The van der Waals surface area contributed by atoms with Crippen molar-refractivity contribution in [3.63, 3.8) is 0 Å². The van der Waals surface area contributed by atoms with Crippen molar-refractivity contribution in [2.24, 2.45) is 5.73 Å². The summed E-state index contributed by atoms with van der Waals surface area (Å²) in [5.74, 6) is -1.66. The van der Waals surface area contributed by atoms with Gasteiger partial charge in [-0.3, -0.25) is 9.59 Å². The molecule has 0 saturated carbocycles. The summed E-state index contributed by atoms with van der Waals surface area (Å²) < 4.78 is 72.9. The number of benzene rings is 2. The lowest BCUT2D eigenvalue weighted by atomic mass is 10.1. The first-order valence-electron chi connectivity index (χ1n) is 10.5. The van der Waals surface area contributed by atoms with Gasteiger partial charge >= 0.3 is 6.18 Å². The molecular formula is C22H20BrF3N4O5S. The molecule has 1 fully saturated rings. The topological polar surface area (TPSA) is 135 Å². The molecule has 9 nitrogen and oxygen atoms in total. The van der Waals surface area contributed by atoms with E-state index in [9.17, 15) is 31.2 Å². The second-order valence-corrected chi connectivity index (χ2v) is 10.8. The number of sulfonamides is 1. The molecule has 0 radical (unpaired) electrons. The van der Waals surface area contributed by atoms with Gasteiger partial charge < -0.3 is 20.8 Å². The van der Waals surface area contributed by atoms with Gasteiger partial charge in [-0.1, -0.05) is 28.1 Å². The van der Waals surface area contributed by atoms with Crippen LogP contribution in [0.15, 0.2) is 51.8 Å². The third-order valence-corrected chi connectivity index (χ3v) is 8.04. The first kappa shape index (κ1) is 26.1. The standard InChI is InChI=1S/C22H20BrF3N4O5S/c23-14-4-5-16-15(9-14)19(18(29-16)20(27)31)36(33,34)30-6-7-35-17(11-30)21(32)28-10-12-2-1-3-13(8-12)22(24,25)26/h1-5,8-9,17,29H,6-7,10-11H2,(H2,27,31)(H,28,32). The molecule has 36 heavy (non-hydrogen) atoms. The fourth-order valence-electron chi connectivity index (χ4n) is 3.87. The Morgan fingerprint density at radius 3 is 2.67 bits per heavy atom. The van der Waals surface area contributed by atoms with Gasteiger partial charge in [0.15, 0.2) is 0 Å². The van der Waals surface area contributed by atoms with E-state index in [0.717, 1.165) is 16.4 Å². The van der Waals surface area contributed by atoms with E-state index in [4.69, 9.17) is 10.5 Å². The zero-order valence-corrected chi connectivity index (χ0v) is 20.8. The largest absolute Gasteiger partial charge is 0.416 e. The predicted octanol–water partition coefficient (Wildman–Crippen LogP) is 2.75. The number of primary amides is 1. The van der Waals surface area contributed by atoms with Crippen molar-refractivity contribution < 1.29 is 35.9 Å². The molecular weight excluding hydrogens is 569 g/mol. The number of nitrogens with two attached hydrogens (primary N) is 1. The Morgan fingerprint density at radius 1 is 1.22 bits per heavy atom. The average Bonchev–Trinajstić information content (AvgIpc) is 3.22. The highest BCUT2D eigenvalue weighted by Crippen LogP contribution is 2.32. The zero-order valence-electron chi connectivity index (χ0n) is 18.4. The van der Waals surface area contributed by atoms with Crippen molar-refractivity contribution in [1.82, 2.24) is 14.6 Å². The smallest absolute Gasteiger partial charge is 0.366 e. The van der Waals surface area contributed by atoms with E-state index in [1.54, 1.807) is 12.1 Å². The fraction of sp³-hybridized carbons (Fsp3) is 0.273. The van der Waals surface area contributed by atoms with Crippen LogP contribution in [0.2, 0.25) is 0 Å². The van der Waals surface area contributed by atoms with Crippen molar-refractivity contribution in [1.29, 1.82) is 0 Å². The maximum absolute atomic E-state index is 13.6. The van der Waals surface area contributed by atoms with Crippen LogP contribution in [0.25, 0.3) is 10.9 Å². The van der Waals surface area contributed by atoms with Gasteiger partial charge in [-0.05, 0) is 35.9 Å². The Bertz CT molecular complexity index is 1440. The Kier molecular flexibility index (Phi) is 7.14. The molecule has 0 bridgehead atoms. The van der Waals surface area contributed by atoms with Crippen LogP contribution in [0.1, 0.15) is 21.6 Å². The van der Waals surface area contributed by atoms with Gasteiger partial charge in [0.2, 0.25) is 10.0 Å². The molecule has 4 rings (SSSR count). The van der Waals surface area contributed by atoms with Crippen molar-refractivity contribution >= 4 is 48.7 Å². The summed E-state index contributed by atoms with van der Waals surface area (Å²) in [6, 6.07) is 9.28. The number of hydrogen-bond acceptors (Lipinski definition) is 5. The molecule has 1 aliphatic rings. The van der Waals surface area contributed by atoms with Crippen LogP contribution in [0.5, 0.6) is 0 Å². The van der Waals surface area contributed by atoms with Gasteiger partial charge in [0.25, 0.3) is 11.8 Å². The number of aromatic amines is 1. The van der Waals surface area contributed by atoms with Gasteiger partial charge in [-0.15, -0.1) is 0 Å². The molecule has 1 unspecified atom stereocenters. The van der Waals surface area contributed by atoms with Crippen LogP contribution < -0.4 is 11.1 Å². The minimum Gasteiger partial charge on any atom is -0.366 e. The number of rotatable bonds is 6. The number of carbonyl (C=O) groups is 2. The summed E-state index contributed by atoms with van der Waals surface area (Å²) in [6.45, 7) is -0.773. The van der Waals surface area contributed by atoms with Gasteiger partial charge in [-0.2, -0.15) is 17.5 Å². The van der Waals surface area contributed by atoms with Crippen molar-refractivity contribution in [3.8, 4) is 0 Å². The molecule has 0 spiro atoms. The second kappa shape index (κ2) is 9.84. The highest BCUT2D eigenvalue weighted by atomic mass is 79.9. The number of aromatic nitrogens is 1.